The van der Waals surface area contributed by atoms with Gasteiger partial charge in [0.15, 0.2) is 0 Å². The highest BCUT2D eigenvalue weighted by atomic mass is 35.5. The summed E-state index contributed by atoms with van der Waals surface area (Å²) in [4.78, 5) is 2.05. The molecule has 0 saturated heterocycles. The van der Waals surface area contributed by atoms with Crippen molar-refractivity contribution in [3.8, 4) is 0 Å². The smallest absolute Gasteiger partial charge is 0.125 e. The normalized spacial score (nSPS) is 13.2. The van der Waals surface area contributed by atoms with Gasteiger partial charge in [0, 0.05) is 12.1 Å². The molecule has 98 valence electrons. The lowest BCUT2D eigenvalue weighted by molar-refractivity contribution is 0.205. The fourth-order valence-electron chi connectivity index (χ4n) is 1.71. The van der Waals surface area contributed by atoms with E-state index in [-0.39, 0.29) is 0 Å². The summed E-state index contributed by atoms with van der Waals surface area (Å²) >= 11 is 6.08. The van der Waals surface area contributed by atoms with Crippen LogP contribution in [-0.4, -0.2) is 40.4 Å². The highest BCUT2D eigenvalue weighted by Gasteiger charge is 2.20. The molecule has 0 amide bonds. The topological polar surface area (TPSA) is 54.4 Å². The quantitative estimate of drug-likeness (QED) is 0.899. The van der Waals surface area contributed by atoms with Crippen LogP contribution in [0.15, 0.2) is 29.2 Å². The van der Waals surface area contributed by atoms with Gasteiger partial charge in [-0.25, -0.2) is 0 Å². The van der Waals surface area contributed by atoms with Crippen LogP contribution in [0.4, 0.5) is 0 Å². The van der Waals surface area contributed by atoms with E-state index in [9.17, 15) is 5.11 Å². The Morgan fingerprint density at radius 2 is 2.33 bits per heavy atom. The average molecular weight is 270 g/mol. The van der Waals surface area contributed by atoms with Crippen molar-refractivity contribution in [2.45, 2.75) is 12.6 Å². The molecular weight excluding hydrogens is 254 g/mol. The van der Waals surface area contributed by atoms with E-state index in [0.717, 1.165) is 6.54 Å². The van der Waals surface area contributed by atoms with E-state index < -0.39 is 6.10 Å². The van der Waals surface area contributed by atoms with Gasteiger partial charge in [0.2, 0.25) is 0 Å². The molecule has 5 nitrogen and oxygen atoms in total. The molecule has 0 aliphatic rings. The van der Waals surface area contributed by atoms with Crippen molar-refractivity contribution in [1.29, 1.82) is 0 Å². The second-order valence-electron chi connectivity index (χ2n) is 4.36. The number of halogens is 1. The summed E-state index contributed by atoms with van der Waals surface area (Å²) in [6.45, 7) is 1.49. The predicted molar refractivity (Wildman–Crippen MR) is 68.6 cm³/mol. The maximum atomic E-state index is 10.3. The molecule has 6 heteroatoms. The van der Waals surface area contributed by atoms with Crippen molar-refractivity contribution in [3.63, 3.8) is 0 Å². The molecule has 2 aromatic rings. The molecular formula is C12H16ClN3O2. The fraction of sp³-hybridized carbons (Fsp3) is 0.417. The molecule has 0 saturated carbocycles. The van der Waals surface area contributed by atoms with Gasteiger partial charge in [0.25, 0.3) is 0 Å². The summed E-state index contributed by atoms with van der Waals surface area (Å²) in [6, 6.07) is 1.71. The van der Waals surface area contributed by atoms with Gasteiger partial charge >= 0.3 is 0 Å². The molecule has 2 aromatic heterocycles. The average Bonchev–Trinajstić information content (AvgIpc) is 2.94. The molecule has 0 aromatic carbocycles. The Kier molecular flexibility index (Phi) is 4.06. The Morgan fingerprint density at radius 3 is 2.94 bits per heavy atom. The molecule has 18 heavy (non-hydrogen) atoms. The zero-order chi connectivity index (χ0) is 13.1. The first kappa shape index (κ1) is 13.1. The minimum Gasteiger partial charge on any atom is -0.472 e. The molecule has 1 atom stereocenters. The highest BCUT2D eigenvalue weighted by molar-refractivity contribution is 6.31. The number of rotatable bonds is 5. The predicted octanol–water partition coefficient (Wildman–Crippen LogP) is 1.77. The Balaban J connectivity index is 2.23. The number of aliphatic hydroxyl groups is 1. The number of aromatic nitrogens is 2. The van der Waals surface area contributed by atoms with Crippen LogP contribution in [0.2, 0.25) is 5.02 Å². The highest BCUT2D eigenvalue weighted by Crippen LogP contribution is 2.28. The molecule has 2 rings (SSSR count). The molecule has 0 fully saturated rings. The summed E-state index contributed by atoms with van der Waals surface area (Å²) in [5.41, 5.74) is 1.27. The van der Waals surface area contributed by atoms with E-state index in [1.807, 2.05) is 19.0 Å². The van der Waals surface area contributed by atoms with Crippen LogP contribution in [-0.2, 0) is 6.54 Å². The van der Waals surface area contributed by atoms with E-state index in [2.05, 4.69) is 5.10 Å². The van der Waals surface area contributed by atoms with Crippen LogP contribution in [0.5, 0.6) is 0 Å². The second-order valence-corrected chi connectivity index (χ2v) is 4.77. The molecule has 1 N–H and O–H groups in total. The summed E-state index contributed by atoms with van der Waals surface area (Å²) in [5.74, 6) is 0. The maximum absolute atomic E-state index is 10.3. The first-order chi connectivity index (χ1) is 8.59. The van der Waals surface area contributed by atoms with Gasteiger partial charge in [-0.2, -0.15) is 5.10 Å². The van der Waals surface area contributed by atoms with Crippen molar-refractivity contribution in [1.82, 2.24) is 14.7 Å². The second kappa shape index (κ2) is 5.56. The zero-order valence-electron chi connectivity index (χ0n) is 10.4. The number of furan rings is 1. The van der Waals surface area contributed by atoms with Crippen LogP contribution in [0.3, 0.4) is 0 Å². The number of likely N-dealkylation sites (N-methyl/N-ethyl adjacent to an activating group) is 1. The minimum absolute atomic E-state index is 0.461. The van der Waals surface area contributed by atoms with Gasteiger partial charge in [0.1, 0.15) is 6.10 Å². The van der Waals surface area contributed by atoms with Crippen LogP contribution in [0.25, 0.3) is 0 Å². The van der Waals surface area contributed by atoms with Crippen molar-refractivity contribution < 1.29 is 9.52 Å². The standard InChI is InChI=1S/C12H16ClN3O2/c1-15(2)4-5-16-11(10(13)7-14-16)12(17)9-3-6-18-8-9/h3,6-8,12,17H,4-5H2,1-2H3. The third kappa shape index (κ3) is 2.75. The van der Waals surface area contributed by atoms with Gasteiger partial charge in [-0.1, -0.05) is 11.6 Å². The number of hydrogen-bond acceptors (Lipinski definition) is 4. The van der Waals surface area contributed by atoms with Crippen LogP contribution < -0.4 is 0 Å². The summed E-state index contributed by atoms with van der Waals surface area (Å²) < 4.78 is 6.69. The van der Waals surface area contributed by atoms with Crippen LogP contribution >= 0.6 is 11.6 Å². The van der Waals surface area contributed by atoms with E-state index in [1.54, 1.807) is 16.9 Å². The van der Waals surface area contributed by atoms with Crippen LogP contribution in [0.1, 0.15) is 17.4 Å². The molecule has 0 radical (unpaired) electrons. The lowest BCUT2D eigenvalue weighted by Crippen LogP contribution is -2.21. The third-order valence-corrected chi connectivity index (χ3v) is 3.00. The third-order valence-electron chi connectivity index (χ3n) is 2.71. The number of nitrogens with zero attached hydrogens (tertiary/aromatic N) is 3. The Bertz CT molecular complexity index is 493. The van der Waals surface area contributed by atoms with E-state index >= 15 is 0 Å². The largest absolute Gasteiger partial charge is 0.472 e. The molecule has 0 aliphatic heterocycles. The summed E-state index contributed by atoms with van der Waals surface area (Å²) in [7, 11) is 3.97. The zero-order valence-corrected chi connectivity index (χ0v) is 11.1. The van der Waals surface area contributed by atoms with E-state index in [0.29, 0.717) is 22.8 Å². The number of hydrogen-bond donors (Lipinski definition) is 1. The van der Waals surface area contributed by atoms with Crippen molar-refractivity contribution in [2.24, 2.45) is 0 Å². The van der Waals surface area contributed by atoms with Gasteiger partial charge in [-0.3, -0.25) is 4.68 Å². The lowest BCUT2D eigenvalue weighted by Gasteiger charge is -2.15. The monoisotopic (exact) mass is 269 g/mol. The lowest BCUT2D eigenvalue weighted by atomic mass is 10.1. The first-order valence-corrected chi connectivity index (χ1v) is 6.03. The van der Waals surface area contributed by atoms with Crippen molar-refractivity contribution >= 4 is 11.6 Å². The van der Waals surface area contributed by atoms with Gasteiger partial charge in [-0.05, 0) is 20.2 Å². The van der Waals surface area contributed by atoms with E-state index in [4.69, 9.17) is 16.0 Å². The SMILES string of the molecule is CN(C)CCn1ncc(Cl)c1C(O)c1ccoc1. The van der Waals surface area contributed by atoms with Crippen molar-refractivity contribution in [2.75, 3.05) is 20.6 Å². The Labute approximate surface area is 111 Å². The first-order valence-electron chi connectivity index (χ1n) is 5.65. The molecule has 0 aliphatic carbocycles. The summed E-state index contributed by atoms with van der Waals surface area (Å²) in [6.07, 6.45) is 3.76. The molecule has 2 heterocycles. The Hall–Kier alpha value is -1.30. The number of aliphatic hydroxyl groups excluding tert-OH is 1. The van der Waals surface area contributed by atoms with Gasteiger partial charge in [0.05, 0.1) is 36.0 Å². The molecule has 0 spiro atoms. The Morgan fingerprint density at radius 1 is 1.56 bits per heavy atom. The van der Waals surface area contributed by atoms with Gasteiger partial charge < -0.3 is 14.4 Å². The maximum Gasteiger partial charge on any atom is 0.125 e. The molecule has 1 unspecified atom stereocenters. The van der Waals surface area contributed by atoms with Crippen molar-refractivity contribution in [3.05, 3.63) is 41.1 Å². The van der Waals surface area contributed by atoms with Crippen LogP contribution in [0, 0.1) is 0 Å². The molecule has 0 bridgehead atoms. The van der Waals surface area contributed by atoms with E-state index in [1.165, 1.54) is 12.5 Å². The van der Waals surface area contributed by atoms with Gasteiger partial charge in [-0.15, -0.1) is 0 Å². The summed E-state index contributed by atoms with van der Waals surface area (Å²) in [5, 5.41) is 14.9. The minimum atomic E-state index is -0.819. The fourth-order valence-corrected chi connectivity index (χ4v) is 1.95.